The molecule has 0 radical (unpaired) electrons. The average Bonchev–Trinajstić information content (AvgIpc) is 3.02. The number of fused-ring (bicyclic) bond motifs is 1. The first kappa shape index (κ1) is 15.6. The lowest BCUT2D eigenvalue weighted by molar-refractivity contribution is 0.182. The molecule has 1 aliphatic carbocycles. The zero-order valence-electron chi connectivity index (χ0n) is 14.0. The third-order valence-corrected chi connectivity index (χ3v) is 5.38. The second kappa shape index (κ2) is 6.91. The van der Waals surface area contributed by atoms with Crippen LogP contribution >= 0.6 is 0 Å². The van der Waals surface area contributed by atoms with Gasteiger partial charge < -0.3 is 10.4 Å². The second-order valence-corrected chi connectivity index (χ2v) is 6.97. The summed E-state index contributed by atoms with van der Waals surface area (Å²) in [6.45, 7) is 3.19. The minimum atomic E-state index is 0.402. The molecule has 1 aliphatic heterocycles. The Bertz CT molecular complexity index is 681. The van der Waals surface area contributed by atoms with Gasteiger partial charge in [0.1, 0.15) is 5.75 Å². The van der Waals surface area contributed by atoms with Crippen molar-refractivity contribution in [3.63, 3.8) is 0 Å². The molecule has 2 heterocycles. The molecule has 1 aromatic heterocycles. The summed E-state index contributed by atoms with van der Waals surface area (Å²) >= 11 is 0. The zero-order chi connectivity index (χ0) is 16.4. The molecule has 0 spiro atoms. The van der Waals surface area contributed by atoms with Gasteiger partial charge >= 0.3 is 0 Å². The number of aromatic nitrogens is 1. The summed E-state index contributed by atoms with van der Waals surface area (Å²) in [6.07, 6.45) is 6.31. The van der Waals surface area contributed by atoms with Crippen molar-refractivity contribution in [1.29, 1.82) is 0 Å². The number of benzene rings is 1. The standard InChI is InChI=1S/C20H25N3O/c24-20-6-3-5-17-18(20)7-8-19(17)22-15-9-12-23(13-10-15)14-16-4-1-2-11-21-16/h1-6,11,15,19,22,24H,7-10,12-14H2/t19-/m0/s1. The molecule has 0 unspecified atom stereocenters. The highest BCUT2D eigenvalue weighted by molar-refractivity contribution is 5.44. The van der Waals surface area contributed by atoms with Gasteiger partial charge in [-0.15, -0.1) is 0 Å². The minimum absolute atomic E-state index is 0.402. The van der Waals surface area contributed by atoms with E-state index in [-0.39, 0.29) is 0 Å². The second-order valence-electron chi connectivity index (χ2n) is 6.97. The molecule has 126 valence electrons. The number of rotatable bonds is 4. The minimum Gasteiger partial charge on any atom is -0.508 e. The molecule has 4 heteroatoms. The highest BCUT2D eigenvalue weighted by Gasteiger charge is 2.28. The van der Waals surface area contributed by atoms with Crippen molar-refractivity contribution < 1.29 is 5.11 Å². The molecule has 4 rings (SSSR count). The molecular formula is C20H25N3O. The van der Waals surface area contributed by atoms with Gasteiger partial charge in [0, 0.05) is 37.9 Å². The lowest BCUT2D eigenvalue weighted by Gasteiger charge is -2.34. The molecule has 1 saturated heterocycles. The fourth-order valence-electron chi connectivity index (χ4n) is 4.07. The van der Waals surface area contributed by atoms with Crippen LogP contribution in [0.1, 0.15) is 42.1 Å². The number of aromatic hydroxyl groups is 1. The van der Waals surface area contributed by atoms with Crippen LogP contribution in [-0.4, -0.2) is 34.1 Å². The molecule has 0 bridgehead atoms. The number of hydrogen-bond donors (Lipinski definition) is 2. The molecule has 24 heavy (non-hydrogen) atoms. The van der Waals surface area contributed by atoms with E-state index in [1.807, 2.05) is 18.3 Å². The Morgan fingerprint density at radius 2 is 1.96 bits per heavy atom. The fourth-order valence-corrected chi connectivity index (χ4v) is 4.07. The van der Waals surface area contributed by atoms with Crippen LogP contribution in [0.4, 0.5) is 0 Å². The van der Waals surface area contributed by atoms with E-state index in [0.29, 0.717) is 17.8 Å². The van der Waals surface area contributed by atoms with Gasteiger partial charge in [-0.25, -0.2) is 0 Å². The van der Waals surface area contributed by atoms with E-state index in [0.717, 1.165) is 43.7 Å². The monoisotopic (exact) mass is 323 g/mol. The van der Waals surface area contributed by atoms with Crippen molar-refractivity contribution in [2.75, 3.05) is 13.1 Å². The van der Waals surface area contributed by atoms with Crippen molar-refractivity contribution in [2.24, 2.45) is 0 Å². The maximum Gasteiger partial charge on any atom is 0.119 e. The van der Waals surface area contributed by atoms with Crippen LogP contribution in [0.15, 0.2) is 42.6 Å². The highest BCUT2D eigenvalue weighted by atomic mass is 16.3. The number of hydrogen-bond acceptors (Lipinski definition) is 4. The molecule has 2 N–H and O–H groups in total. The number of piperidine rings is 1. The molecule has 0 saturated carbocycles. The van der Waals surface area contributed by atoms with Gasteiger partial charge in [-0.3, -0.25) is 9.88 Å². The average molecular weight is 323 g/mol. The molecule has 0 amide bonds. The number of nitrogens with one attached hydrogen (secondary N) is 1. The van der Waals surface area contributed by atoms with Crippen molar-refractivity contribution in [3.05, 3.63) is 59.4 Å². The van der Waals surface area contributed by atoms with E-state index in [1.165, 1.54) is 18.4 Å². The number of pyridine rings is 1. The SMILES string of the molecule is Oc1cccc2c1CC[C@@H]2NC1CCN(Cc2ccccn2)CC1. The highest BCUT2D eigenvalue weighted by Crippen LogP contribution is 2.36. The molecular weight excluding hydrogens is 298 g/mol. The Balaban J connectivity index is 1.31. The number of likely N-dealkylation sites (tertiary alicyclic amines) is 1. The molecule has 2 aliphatic rings. The third kappa shape index (κ3) is 3.30. The van der Waals surface area contributed by atoms with Crippen LogP contribution in [0.5, 0.6) is 5.75 Å². The van der Waals surface area contributed by atoms with Gasteiger partial charge in [-0.2, -0.15) is 0 Å². The lowest BCUT2D eigenvalue weighted by atomic mass is 10.0. The zero-order valence-corrected chi connectivity index (χ0v) is 14.0. The maximum atomic E-state index is 9.99. The fraction of sp³-hybridized carbons (Fsp3) is 0.450. The Labute approximate surface area is 143 Å². The molecule has 1 fully saturated rings. The van der Waals surface area contributed by atoms with E-state index in [4.69, 9.17) is 0 Å². The van der Waals surface area contributed by atoms with E-state index >= 15 is 0 Å². The first-order valence-corrected chi connectivity index (χ1v) is 8.98. The summed E-state index contributed by atoms with van der Waals surface area (Å²) in [5, 5.41) is 13.8. The normalized spacial score (nSPS) is 21.8. The summed E-state index contributed by atoms with van der Waals surface area (Å²) in [6, 6.07) is 13.0. The predicted molar refractivity (Wildman–Crippen MR) is 94.8 cm³/mol. The van der Waals surface area contributed by atoms with Crippen LogP contribution in [0.3, 0.4) is 0 Å². The van der Waals surface area contributed by atoms with E-state index < -0.39 is 0 Å². The van der Waals surface area contributed by atoms with Gasteiger partial charge in [0.2, 0.25) is 0 Å². The Hall–Kier alpha value is -1.91. The van der Waals surface area contributed by atoms with Gasteiger partial charge in [0.15, 0.2) is 0 Å². The van der Waals surface area contributed by atoms with Crippen molar-refractivity contribution >= 4 is 0 Å². The molecule has 2 aromatic rings. The predicted octanol–water partition coefficient (Wildman–Crippen LogP) is 3.03. The lowest BCUT2D eigenvalue weighted by Crippen LogP contribution is -2.43. The molecule has 1 atom stereocenters. The third-order valence-electron chi connectivity index (χ3n) is 5.38. The smallest absolute Gasteiger partial charge is 0.119 e. The molecule has 4 nitrogen and oxygen atoms in total. The quantitative estimate of drug-likeness (QED) is 0.908. The van der Waals surface area contributed by atoms with E-state index in [2.05, 4.69) is 33.4 Å². The van der Waals surface area contributed by atoms with Crippen LogP contribution in [0.25, 0.3) is 0 Å². The van der Waals surface area contributed by atoms with Crippen molar-refractivity contribution in [3.8, 4) is 5.75 Å². The Kier molecular flexibility index (Phi) is 4.50. The van der Waals surface area contributed by atoms with Gasteiger partial charge in [0.05, 0.1) is 5.69 Å². The van der Waals surface area contributed by atoms with Gasteiger partial charge in [-0.1, -0.05) is 18.2 Å². The summed E-state index contributed by atoms with van der Waals surface area (Å²) in [7, 11) is 0. The Morgan fingerprint density at radius 3 is 2.75 bits per heavy atom. The van der Waals surface area contributed by atoms with Gasteiger partial charge in [-0.05, 0) is 55.0 Å². The van der Waals surface area contributed by atoms with E-state index in [9.17, 15) is 5.11 Å². The van der Waals surface area contributed by atoms with Crippen LogP contribution < -0.4 is 5.32 Å². The van der Waals surface area contributed by atoms with Crippen LogP contribution in [0, 0.1) is 0 Å². The summed E-state index contributed by atoms with van der Waals surface area (Å²) < 4.78 is 0. The van der Waals surface area contributed by atoms with Crippen LogP contribution in [0.2, 0.25) is 0 Å². The largest absolute Gasteiger partial charge is 0.508 e. The van der Waals surface area contributed by atoms with Crippen molar-refractivity contribution in [1.82, 2.24) is 15.2 Å². The number of nitrogens with zero attached hydrogens (tertiary/aromatic N) is 2. The maximum absolute atomic E-state index is 9.99. The summed E-state index contributed by atoms with van der Waals surface area (Å²) in [5.41, 5.74) is 3.60. The summed E-state index contributed by atoms with van der Waals surface area (Å²) in [5.74, 6) is 0.460. The van der Waals surface area contributed by atoms with E-state index in [1.54, 1.807) is 6.07 Å². The summed E-state index contributed by atoms with van der Waals surface area (Å²) in [4.78, 5) is 6.92. The Morgan fingerprint density at radius 1 is 1.08 bits per heavy atom. The topological polar surface area (TPSA) is 48.4 Å². The van der Waals surface area contributed by atoms with Gasteiger partial charge in [0.25, 0.3) is 0 Å². The number of phenols is 1. The molecule has 1 aromatic carbocycles. The first-order valence-electron chi connectivity index (χ1n) is 8.98. The first-order chi connectivity index (χ1) is 11.8. The number of phenolic OH excluding ortho intramolecular Hbond substituents is 1. The van der Waals surface area contributed by atoms with Crippen LogP contribution in [-0.2, 0) is 13.0 Å². The van der Waals surface area contributed by atoms with Crippen molar-refractivity contribution in [2.45, 2.75) is 44.3 Å².